The lowest BCUT2D eigenvalue weighted by Gasteiger charge is -2.37. The average Bonchev–Trinajstić information content (AvgIpc) is 2.46. The highest BCUT2D eigenvalue weighted by Gasteiger charge is 2.33. The Morgan fingerprint density at radius 2 is 1.71 bits per heavy atom. The minimum absolute atomic E-state index is 0.0701. The fraction of sp³-hybridized carbons (Fsp3) is 0.474. The predicted octanol–water partition coefficient (Wildman–Crippen LogP) is 4.55. The third-order valence-corrected chi connectivity index (χ3v) is 3.97. The Hall–Kier alpha value is -1.38. The van der Waals surface area contributed by atoms with Crippen LogP contribution in [-0.4, -0.2) is 19.8 Å². The third-order valence-electron chi connectivity index (χ3n) is 3.97. The summed E-state index contributed by atoms with van der Waals surface area (Å²) in [7, 11) is 2.02. The molecular weight excluding hydrogens is 258 g/mol. The number of fused-ring (bicyclic) bond motifs is 1. The Balaban J connectivity index is 2.52. The van der Waals surface area contributed by atoms with E-state index in [-0.39, 0.29) is 17.6 Å². The van der Waals surface area contributed by atoms with Crippen molar-refractivity contribution in [2.45, 2.75) is 39.8 Å². The highest BCUT2D eigenvalue weighted by atomic mass is 16.5. The quantitative estimate of drug-likeness (QED) is 0.870. The maximum Gasteiger partial charge on any atom is 0.0817 e. The van der Waals surface area contributed by atoms with Crippen molar-refractivity contribution in [1.82, 2.24) is 5.32 Å². The van der Waals surface area contributed by atoms with Crippen molar-refractivity contribution in [3.63, 3.8) is 0 Å². The lowest BCUT2D eigenvalue weighted by Crippen LogP contribution is -2.41. The Morgan fingerprint density at radius 1 is 1.05 bits per heavy atom. The van der Waals surface area contributed by atoms with Gasteiger partial charge in [-0.25, -0.2) is 0 Å². The lowest BCUT2D eigenvalue weighted by molar-refractivity contribution is -0.0347. The normalized spacial score (nSPS) is 15.1. The van der Waals surface area contributed by atoms with E-state index in [9.17, 15) is 0 Å². The molecule has 2 atom stereocenters. The van der Waals surface area contributed by atoms with Crippen molar-refractivity contribution in [3.05, 3.63) is 48.0 Å². The molecule has 0 radical (unpaired) electrons. The molecule has 0 aromatic heterocycles. The summed E-state index contributed by atoms with van der Waals surface area (Å²) in [5.74, 6) is 0. The van der Waals surface area contributed by atoms with Crippen molar-refractivity contribution in [2.24, 2.45) is 5.41 Å². The first kappa shape index (κ1) is 16.0. The molecule has 0 saturated heterocycles. The first-order valence-corrected chi connectivity index (χ1v) is 7.75. The molecule has 0 amide bonds. The zero-order valence-electron chi connectivity index (χ0n) is 13.8. The molecule has 2 unspecified atom stereocenters. The molecule has 0 aliphatic rings. The van der Waals surface area contributed by atoms with Gasteiger partial charge >= 0.3 is 0 Å². The van der Waals surface area contributed by atoms with Crippen molar-refractivity contribution >= 4 is 10.8 Å². The summed E-state index contributed by atoms with van der Waals surface area (Å²) in [4.78, 5) is 0. The van der Waals surface area contributed by atoms with Crippen LogP contribution in [0.1, 0.15) is 39.3 Å². The Morgan fingerprint density at radius 3 is 2.33 bits per heavy atom. The van der Waals surface area contributed by atoms with Crippen LogP contribution in [0, 0.1) is 5.41 Å². The second kappa shape index (κ2) is 6.59. The van der Waals surface area contributed by atoms with E-state index in [1.807, 2.05) is 7.05 Å². The number of rotatable bonds is 5. The van der Waals surface area contributed by atoms with Crippen molar-refractivity contribution in [3.8, 4) is 0 Å². The number of nitrogens with one attached hydrogen (secondary N) is 1. The van der Waals surface area contributed by atoms with Crippen LogP contribution in [0.4, 0.5) is 0 Å². The predicted molar refractivity (Wildman–Crippen MR) is 90.6 cm³/mol. The lowest BCUT2D eigenvalue weighted by atomic mass is 9.81. The highest BCUT2D eigenvalue weighted by molar-refractivity contribution is 5.86. The summed E-state index contributed by atoms with van der Waals surface area (Å²) in [5, 5.41) is 6.05. The van der Waals surface area contributed by atoms with Gasteiger partial charge in [-0.05, 0) is 35.7 Å². The zero-order valence-corrected chi connectivity index (χ0v) is 13.8. The second-order valence-corrected chi connectivity index (χ2v) is 6.58. The molecule has 0 spiro atoms. The number of hydrogen-bond acceptors (Lipinski definition) is 2. The molecule has 0 aliphatic carbocycles. The number of benzene rings is 2. The maximum absolute atomic E-state index is 6.10. The molecule has 0 fully saturated rings. The van der Waals surface area contributed by atoms with Crippen LogP contribution in [0.2, 0.25) is 0 Å². The van der Waals surface area contributed by atoms with Crippen molar-refractivity contribution in [1.29, 1.82) is 0 Å². The van der Waals surface area contributed by atoms with Gasteiger partial charge in [0, 0.05) is 6.61 Å². The topological polar surface area (TPSA) is 21.3 Å². The van der Waals surface area contributed by atoms with E-state index in [2.05, 4.69) is 75.5 Å². The molecule has 1 N–H and O–H groups in total. The molecule has 2 aromatic carbocycles. The molecule has 2 rings (SSSR count). The fourth-order valence-corrected chi connectivity index (χ4v) is 3.02. The smallest absolute Gasteiger partial charge is 0.0817 e. The van der Waals surface area contributed by atoms with E-state index in [4.69, 9.17) is 4.74 Å². The Kier molecular flexibility index (Phi) is 5.02. The van der Waals surface area contributed by atoms with Gasteiger partial charge in [0.15, 0.2) is 0 Å². The molecule has 0 saturated carbocycles. The molecule has 21 heavy (non-hydrogen) atoms. The van der Waals surface area contributed by atoms with Gasteiger partial charge < -0.3 is 10.1 Å². The standard InChI is InChI=1S/C19H27NO/c1-6-21-18(19(2,3)4)17(20-5)16-13-9-11-14-10-7-8-12-15(14)16/h7-13,17-18,20H,6H2,1-5H3. The Bertz CT molecular complexity index is 580. The van der Waals surface area contributed by atoms with Gasteiger partial charge in [0.2, 0.25) is 0 Å². The van der Waals surface area contributed by atoms with Crippen LogP contribution in [0.5, 0.6) is 0 Å². The summed E-state index contributed by atoms with van der Waals surface area (Å²) in [6.07, 6.45) is 0.123. The summed E-state index contributed by atoms with van der Waals surface area (Å²) < 4.78 is 6.10. The van der Waals surface area contributed by atoms with E-state index in [0.717, 1.165) is 6.61 Å². The number of hydrogen-bond donors (Lipinski definition) is 1. The van der Waals surface area contributed by atoms with Gasteiger partial charge in [-0.3, -0.25) is 0 Å². The van der Waals surface area contributed by atoms with Crippen LogP contribution in [-0.2, 0) is 4.74 Å². The largest absolute Gasteiger partial charge is 0.376 e. The molecule has 0 bridgehead atoms. The third kappa shape index (κ3) is 3.45. The van der Waals surface area contributed by atoms with E-state index in [1.165, 1.54) is 16.3 Å². The van der Waals surface area contributed by atoms with Crippen LogP contribution in [0.15, 0.2) is 42.5 Å². The molecule has 0 heterocycles. The molecule has 114 valence electrons. The SMILES string of the molecule is CCOC(C(NC)c1cccc2ccccc12)C(C)(C)C. The van der Waals surface area contributed by atoms with Crippen LogP contribution >= 0.6 is 0 Å². The minimum Gasteiger partial charge on any atom is -0.376 e. The molecule has 2 heteroatoms. The summed E-state index contributed by atoms with van der Waals surface area (Å²) in [5.41, 5.74) is 1.38. The van der Waals surface area contributed by atoms with Gasteiger partial charge in [-0.2, -0.15) is 0 Å². The average molecular weight is 285 g/mol. The fourth-order valence-electron chi connectivity index (χ4n) is 3.02. The van der Waals surface area contributed by atoms with Crippen LogP contribution in [0.3, 0.4) is 0 Å². The van der Waals surface area contributed by atoms with Gasteiger partial charge in [-0.1, -0.05) is 63.2 Å². The minimum atomic E-state index is 0.0701. The van der Waals surface area contributed by atoms with Gasteiger partial charge in [0.05, 0.1) is 12.1 Å². The number of ether oxygens (including phenoxy) is 1. The summed E-state index contributed by atoms with van der Waals surface area (Å²) in [6, 6.07) is 15.2. The van der Waals surface area contributed by atoms with Gasteiger partial charge in [0.1, 0.15) is 0 Å². The van der Waals surface area contributed by atoms with E-state index < -0.39 is 0 Å². The maximum atomic E-state index is 6.10. The molecule has 2 nitrogen and oxygen atoms in total. The summed E-state index contributed by atoms with van der Waals surface area (Å²) in [6.45, 7) is 9.51. The number of likely N-dealkylation sites (N-methyl/N-ethyl adjacent to an activating group) is 1. The van der Waals surface area contributed by atoms with Gasteiger partial charge in [0.25, 0.3) is 0 Å². The van der Waals surface area contributed by atoms with Crippen molar-refractivity contribution < 1.29 is 4.74 Å². The monoisotopic (exact) mass is 285 g/mol. The second-order valence-electron chi connectivity index (χ2n) is 6.58. The van der Waals surface area contributed by atoms with E-state index in [1.54, 1.807) is 0 Å². The highest BCUT2D eigenvalue weighted by Crippen LogP contribution is 2.35. The van der Waals surface area contributed by atoms with E-state index in [0.29, 0.717) is 0 Å². The van der Waals surface area contributed by atoms with Gasteiger partial charge in [-0.15, -0.1) is 0 Å². The zero-order chi connectivity index (χ0) is 15.5. The first-order chi connectivity index (χ1) is 9.99. The molecule has 0 aliphatic heterocycles. The molecule has 2 aromatic rings. The molecular formula is C19H27NO. The summed E-state index contributed by atoms with van der Waals surface area (Å²) >= 11 is 0. The van der Waals surface area contributed by atoms with Crippen molar-refractivity contribution in [2.75, 3.05) is 13.7 Å². The Labute approximate surface area is 128 Å². The first-order valence-electron chi connectivity index (χ1n) is 7.75. The van der Waals surface area contributed by atoms with E-state index >= 15 is 0 Å². The van der Waals surface area contributed by atoms with Crippen LogP contribution < -0.4 is 5.32 Å². The van der Waals surface area contributed by atoms with Crippen LogP contribution in [0.25, 0.3) is 10.8 Å².